The summed E-state index contributed by atoms with van der Waals surface area (Å²) in [4.78, 5) is 36.1. The first-order valence-electron chi connectivity index (χ1n) is 10.8. The largest absolute Gasteiger partial charge is 0.461 e. The van der Waals surface area contributed by atoms with Crippen LogP contribution in [0.3, 0.4) is 0 Å². The van der Waals surface area contributed by atoms with Crippen LogP contribution in [0.4, 0.5) is 0 Å². The average Bonchev–Trinajstić information content (AvgIpc) is 3.05. The molecule has 0 fully saturated rings. The summed E-state index contributed by atoms with van der Waals surface area (Å²) < 4.78 is 5.42. The van der Waals surface area contributed by atoms with Crippen LogP contribution in [0.15, 0.2) is 49.1 Å². The maximum Gasteiger partial charge on any atom is 0.310 e. The van der Waals surface area contributed by atoms with Gasteiger partial charge in [-0.3, -0.25) is 19.7 Å². The zero-order valence-corrected chi connectivity index (χ0v) is 18.0. The molecule has 0 saturated heterocycles. The topological polar surface area (TPSA) is 72.5 Å². The number of esters is 1. The maximum absolute atomic E-state index is 12.3. The molecule has 1 aliphatic rings. The van der Waals surface area contributed by atoms with E-state index >= 15 is 0 Å². The van der Waals surface area contributed by atoms with Gasteiger partial charge in [0.25, 0.3) is 11.8 Å². The molecule has 0 saturated carbocycles. The number of imide groups is 1. The molecular weight excluding hydrogens is 390 g/mol. The van der Waals surface area contributed by atoms with Crippen molar-refractivity contribution >= 4 is 17.8 Å². The van der Waals surface area contributed by atoms with Crippen molar-refractivity contribution in [1.29, 1.82) is 0 Å². The number of rotatable bonds is 11. The van der Waals surface area contributed by atoms with Gasteiger partial charge in [0.1, 0.15) is 6.61 Å². The quantitative estimate of drug-likeness (QED) is 0.245. The second kappa shape index (κ2) is 10.7. The summed E-state index contributed by atoms with van der Waals surface area (Å²) in [5.74, 6) is -1.32. The number of fused-ring (bicyclic) bond motifs is 1. The minimum absolute atomic E-state index is 0.0488. The third-order valence-corrected chi connectivity index (χ3v) is 5.60. The van der Waals surface area contributed by atoms with Crippen LogP contribution in [0.2, 0.25) is 0 Å². The molecule has 31 heavy (non-hydrogen) atoms. The van der Waals surface area contributed by atoms with E-state index in [0.29, 0.717) is 11.1 Å². The molecule has 3 rings (SSSR count). The number of allylic oxidation sites excluding steroid dienone is 1. The maximum atomic E-state index is 12.3. The van der Waals surface area contributed by atoms with Crippen molar-refractivity contribution in [3.05, 3.63) is 82.4 Å². The summed E-state index contributed by atoms with van der Waals surface area (Å²) in [7, 11) is 0. The fraction of sp³-hybridized carbons (Fsp3) is 0.346. The van der Waals surface area contributed by atoms with E-state index in [4.69, 9.17) is 4.74 Å². The van der Waals surface area contributed by atoms with Crippen LogP contribution in [-0.2, 0) is 29.0 Å². The van der Waals surface area contributed by atoms with Gasteiger partial charge in [-0.2, -0.15) is 0 Å². The fourth-order valence-corrected chi connectivity index (χ4v) is 3.89. The lowest BCUT2D eigenvalue weighted by Crippen LogP contribution is -2.20. The second-order valence-electron chi connectivity index (χ2n) is 7.96. The summed E-state index contributed by atoms with van der Waals surface area (Å²) in [6.45, 7) is 6.02. The van der Waals surface area contributed by atoms with Gasteiger partial charge in [0.2, 0.25) is 0 Å². The number of ether oxygens (including phenoxy) is 1. The number of hydrogen-bond acceptors (Lipinski definition) is 4. The predicted molar refractivity (Wildman–Crippen MR) is 120 cm³/mol. The van der Waals surface area contributed by atoms with Crippen molar-refractivity contribution in [1.82, 2.24) is 5.32 Å². The van der Waals surface area contributed by atoms with Gasteiger partial charge < -0.3 is 4.74 Å². The van der Waals surface area contributed by atoms with Crippen molar-refractivity contribution in [2.75, 3.05) is 0 Å². The molecule has 0 spiro atoms. The van der Waals surface area contributed by atoms with Crippen LogP contribution in [0.1, 0.15) is 75.1 Å². The Kier molecular flexibility index (Phi) is 7.76. The number of aryl methyl sites for hydroxylation is 2. The van der Waals surface area contributed by atoms with Gasteiger partial charge in [0, 0.05) is 0 Å². The smallest absolute Gasteiger partial charge is 0.310 e. The van der Waals surface area contributed by atoms with E-state index in [1.165, 1.54) is 36.8 Å². The number of carbonyl (C=O) groups is 3. The minimum atomic E-state index is -0.463. The van der Waals surface area contributed by atoms with E-state index in [-0.39, 0.29) is 18.6 Å². The van der Waals surface area contributed by atoms with Gasteiger partial charge in [0.05, 0.1) is 17.5 Å². The predicted octanol–water partition coefficient (Wildman–Crippen LogP) is 4.84. The Balaban J connectivity index is 1.50. The van der Waals surface area contributed by atoms with Gasteiger partial charge in [-0.15, -0.1) is 6.58 Å². The number of nitrogens with one attached hydrogen (secondary N) is 1. The zero-order valence-electron chi connectivity index (χ0n) is 18.0. The van der Waals surface area contributed by atoms with E-state index in [2.05, 4.69) is 31.0 Å². The lowest BCUT2D eigenvalue weighted by atomic mass is 9.99. The molecule has 1 N–H and O–H groups in total. The van der Waals surface area contributed by atoms with Crippen LogP contribution in [0.25, 0.3) is 0 Å². The third kappa shape index (κ3) is 5.91. The molecule has 0 bridgehead atoms. The molecular formula is C26H29NO4. The molecule has 5 nitrogen and oxygen atoms in total. The van der Waals surface area contributed by atoms with Gasteiger partial charge in [-0.05, 0) is 60.9 Å². The average molecular weight is 420 g/mol. The lowest BCUT2D eigenvalue weighted by Gasteiger charge is -2.10. The molecule has 0 aromatic heterocycles. The van der Waals surface area contributed by atoms with Crippen molar-refractivity contribution in [3.63, 3.8) is 0 Å². The Morgan fingerprint density at radius 3 is 2.61 bits per heavy atom. The monoisotopic (exact) mass is 419 g/mol. The van der Waals surface area contributed by atoms with Gasteiger partial charge in [-0.1, -0.05) is 49.2 Å². The highest BCUT2D eigenvalue weighted by Crippen LogP contribution is 2.21. The first kappa shape index (κ1) is 22.5. The second-order valence-corrected chi connectivity index (χ2v) is 7.96. The SMILES string of the molecule is C=CCCCCCCc1ccc(COC(=O)Cc2cccc3c2C(=O)NC3=O)cc1C. The number of unbranched alkanes of at least 4 members (excludes halogenated alkanes) is 4. The van der Waals surface area contributed by atoms with E-state index < -0.39 is 17.8 Å². The van der Waals surface area contributed by atoms with Gasteiger partial charge in [-0.25, -0.2) is 0 Å². The molecule has 5 heteroatoms. The van der Waals surface area contributed by atoms with Crippen molar-refractivity contribution < 1.29 is 19.1 Å². The summed E-state index contributed by atoms with van der Waals surface area (Å²) in [6.07, 6.45) is 8.90. The molecule has 0 aliphatic carbocycles. The molecule has 0 radical (unpaired) electrons. The Hall–Kier alpha value is -3.21. The molecule has 2 aromatic carbocycles. The number of benzene rings is 2. The number of amides is 2. The summed E-state index contributed by atoms with van der Waals surface area (Å²) in [6, 6.07) is 11.1. The van der Waals surface area contributed by atoms with Gasteiger partial charge >= 0.3 is 5.97 Å². The third-order valence-electron chi connectivity index (χ3n) is 5.60. The van der Waals surface area contributed by atoms with Crippen LogP contribution in [0, 0.1) is 6.92 Å². The van der Waals surface area contributed by atoms with E-state index in [1.54, 1.807) is 18.2 Å². The van der Waals surface area contributed by atoms with Crippen LogP contribution in [-0.4, -0.2) is 17.8 Å². The highest BCUT2D eigenvalue weighted by atomic mass is 16.5. The Morgan fingerprint density at radius 2 is 1.84 bits per heavy atom. The Morgan fingerprint density at radius 1 is 1.03 bits per heavy atom. The highest BCUT2D eigenvalue weighted by molar-refractivity contribution is 6.22. The summed E-state index contributed by atoms with van der Waals surface area (Å²) in [5, 5.41) is 2.26. The van der Waals surface area contributed by atoms with E-state index in [1.807, 2.05) is 12.1 Å². The first-order chi connectivity index (χ1) is 15.0. The molecule has 1 heterocycles. The van der Waals surface area contributed by atoms with E-state index in [9.17, 15) is 14.4 Å². The van der Waals surface area contributed by atoms with Crippen molar-refractivity contribution in [3.8, 4) is 0 Å². The molecule has 0 unspecified atom stereocenters. The fourth-order valence-electron chi connectivity index (χ4n) is 3.89. The molecule has 2 aromatic rings. The molecule has 2 amide bonds. The standard InChI is InChI=1S/C26H29NO4/c1-3-4-5-6-7-8-10-20-14-13-19(15-18(20)2)17-31-23(28)16-21-11-9-12-22-24(21)26(30)27-25(22)29/h3,9,11-15H,1,4-8,10,16-17H2,2H3,(H,27,29,30). The van der Waals surface area contributed by atoms with Crippen molar-refractivity contribution in [2.24, 2.45) is 0 Å². The Labute approximate surface area is 183 Å². The van der Waals surface area contributed by atoms with Crippen LogP contribution < -0.4 is 5.32 Å². The van der Waals surface area contributed by atoms with Crippen LogP contribution in [0.5, 0.6) is 0 Å². The van der Waals surface area contributed by atoms with E-state index in [0.717, 1.165) is 18.4 Å². The first-order valence-corrected chi connectivity index (χ1v) is 10.8. The minimum Gasteiger partial charge on any atom is -0.461 e. The Bertz CT molecular complexity index is 993. The van der Waals surface area contributed by atoms with Gasteiger partial charge in [0.15, 0.2) is 0 Å². The molecule has 162 valence electrons. The normalized spacial score (nSPS) is 12.4. The zero-order chi connectivity index (χ0) is 22.2. The molecule has 1 aliphatic heterocycles. The lowest BCUT2D eigenvalue weighted by molar-refractivity contribution is -0.144. The highest BCUT2D eigenvalue weighted by Gasteiger charge is 2.29. The number of carbonyl (C=O) groups excluding carboxylic acids is 3. The number of hydrogen-bond donors (Lipinski definition) is 1. The van der Waals surface area contributed by atoms with Crippen molar-refractivity contribution in [2.45, 2.75) is 58.5 Å². The van der Waals surface area contributed by atoms with Crippen LogP contribution >= 0.6 is 0 Å². The molecule has 0 atom stereocenters. The summed E-state index contributed by atoms with van der Waals surface area (Å²) >= 11 is 0. The summed E-state index contributed by atoms with van der Waals surface area (Å²) in [5.41, 5.74) is 4.55.